The second-order valence-corrected chi connectivity index (χ2v) is 5.09. The standard InChI is InChI=1S/C10H11ClN4S/c1-6(8-2-3-9(11)16-8)15-10-13-4-7(12)5-14-10/h2-6H,12H2,1H3,(H,13,14,15). The van der Waals surface area contributed by atoms with Crippen LogP contribution in [0.5, 0.6) is 0 Å². The number of hydrogen-bond donors (Lipinski definition) is 2. The average Bonchev–Trinajstić information content (AvgIpc) is 2.68. The van der Waals surface area contributed by atoms with Crippen LogP contribution in [0.1, 0.15) is 17.8 Å². The van der Waals surface area contributed by atoms with Gasteiger partial charge in [-0.25, -0.2) is 9.97 Å². The van der Waals surface area contributed by atoms with Crippen molar-refractivity contribution in [3.05, 3.63) is 33.7 Å². The van der Waals surface area contributed by atoms with E-state index in [0.29, 0.717) is 11.6 Å². The Kier molecular flexibility index (Phi) is 3.26. The van der Waals surface area contributed by atoms with Gasteiger partial charge in [0.2, 0.25) is 5.95 Å². The molecule has 1 atom stereocenters. The van der Waals surface area contributed by atoms with E-state index in [9.17, 15) is 0 Å². The molecule has 0 amide bonds. The van der Waals surface area contributed by atoms with Crippen LogP contribution in [0.25, 0.3) is 0 Å². The van der Waals surface area contributed by atoms with Crippen LogP contribution in [0.15, 0.2) is 24.5 Å². The zero-order valence-corrected chi connectivity index (χ0v) is 10.2. The van der Waals surface area contributed by atoms with Crippen LogP contribution in [-0.4, -0.2) is 9.97 Å². The zero-order chi connectivity index (χ0) is 11.5. The minimum Gasteiger partial charge on any atom is -0.396 e. The topological polar surface area (TPSA) is 63.8 Å². The molecule has 0 aliphatic heterocycles. The predicted octanol–water partition coefficient (Wildman–Crippen LogP) is 2.95. The van der Waals surface area contributed by atoms with Gasteiger partial charge in [-0.3, -0.25) is 0 Å². The highest BCUT2D eigenvalue weighted by molar-refractivity contribution is 7.16. The first-order chi connectivity index (χ1) is 7.65. The molecule has 1 unspecified atom stereocenters. The molecule has 84 valence electrons. The number of rotatable bonds is 3. The minimum absolute atomic E-state index is 0.126. The summed E-state index contributed by atoms with van der Waals surface area (Å²) in [4.78, 5) is 9.29. The van der Waals surface area contributed by atoms with Crippen LogP contribution in [0.2, 0.25) is 4.34 Å². The Morgan fingerprint density at radius 3 is 2.62 bits per heavy atom. The van der Waals surface area contributed by atoms with E-state index in [2.05, 4.69) is 15.3 Å². The first-order valence-electron chi connectivity index (χ1n) is 4.74. The van der Waals surface area contributed by atoms with Gasteiger partial charge in [0, 0.05) is 4.88 Å². The number of nitrogens with one attached hydrogen (secondary N) is 1. The molecular weight excluding hydrogens is 244 g/mol. The maximum absolute atomic E-state index is 5.87. The molecule has 6 heteroatoms. The van der Waals surface area contributed by atoms with E-state index in [1.165, 1.54) is 0 Å². The van der Waals surface area contributed by atoms with E-state index in [0.717, 1.165) is 9.21 Å². The third kappa shape index (κ3) is 2.62. The summed E-state index contributed by atoms with van der Waals surface area (Å²) in [6.45, 7) is 2.03. The van der Waals surface area contributed by atoms with Gasteiger partial charge in [-0.05, 0) is 19.1 Å². The SMILES string of the molecule is CC(Nc1ncc(N)cn1)c1ccc(Cl)s1. The number of thiophene rings is 1. The summed E-state index contributed by atoms with van der Waals surface area (Å²) in [6, 6.07) is 3.99. The molecule has 0 aromatic carbocycles. The molecule has 0 saturated carbocycles. The van der Waals surface area contributed by atoms with E-state index in [-0.39, 0.29) is 6.04 Å². The highest BCUT2D eigenvalue weighted by Crippen LogP contribution is 2.28. The normalized spacial score (nSPS) is 12.4. The van der Waals surface area contributed by atoms with Gasteiger partial charge in [-0.15, -0.1) is 11.3 Å². The average molecular weight is 255 g/mol. The minimum atomic E-state index is 0.126. The maximum Gasteiger partial charge on any atom is 0.223 e. The first kappa shape index (κ1) is 11.2. The predicted molar refractivity (Wildman–Crippen MR) is 67.8 cm³/mol. The monoisotopic (exact) mass is 254 g/mol. The van der Waals surface area contributed by atoms with E-state index in [1.54, 1.807) is 23.7 Å². The van der Waals surface area contributed by atoms with Crippen LogP contribution < -0.4 is 11.1 Å². The lowest BCUT2D eigenvalue weighted by atomic mass is 10.3. The number of hydrogen-bond acceptors (Lipinski definition) is 5. The molecule has 2 aromatic rings. The van der Waals surface area contributed by atoms with Crippen molar-refractivity contribution in [2.75, 3.05) is 11.1 Å². The lowest BCUT2D eigenvalue weighted by molar-refractivity contribution is 0.880. The summed E-state index contributed by atoms with van der Waals surface area (Å²) in [5, 5.41) is 3.17. The zero-order valence-electron chi connectivity index (χ0n) is 8.64. The van der Waals surface area contributed by atoms with Gasteiger partial charge in [0.05, 0.1) is 28.5 Å². The van der Waals surface area contributed by atoms with Crippen molar-refractivity contribution in [2.24, 2.45) is 0 Å². The molecule has 0 spiro atoms. The van der Waals surface area contributed by atoms with E-state index in [4.69, 9.17) is 17.3 Å². The maximum atomic E-state index is 5.87. The third-order valence-corrected chi connectivity index (χ3v) is 3.45. The van der Waals surface area contributed by atoms with E-state index in [1.807, 2.05) is 19.1 Å². The Labute approximate surface area is 102 Å². The molecule has 0 saturated heterocycles. The Balaban J connectivity index is 2.07. The van der Waals surface area contributed by atoms with E-state index >= 15 is 0 Å². The van der Waals surface area contributed by atoms with Gasteiger partial charge in [-0.2, -0.15) is 0 Å². The van der Waals surface area contributed by atoms with Gasteiger partial charge in [-0.1, -0.05) is 11.6 Å². The van der Waals surface area contributed by atoms with Crippen LogP contribution >= 0.6 is 22.9 Å². The van der Waals surface area contributed by atoms with Crippen molar-refractivity contribution < 1.29 is 0 Å². The van der Waals surface area contributed by atoms with Gasteiger partial charge >= 0.3 is 0 Å². The van der Waals surface area contributed by atoms with Gasteiger partial charge in [0.1, 0.15) is 0 Å². The fraction of sp³-hybridized carbons (Fsp3) is 0.200. The molecule has 0 bridgehead atoms. The van der Waals surface area contributed by atoms with Gasteiger partial charge in [0.25, 0.3) is 0 Å². The van der Waals surface area contributed by atoms with Crippen LogP contribution in [0, 0.1) is 0 Å². The summed E-state index contributed by atoms with van der Waals surface area (Å²) in [7, 11) is 0. The summed E-state index contributed by atoms with van der Waals surface area (Å²) in [6.07, 6.45) is 3.15. The molecule has 0 aliphatic rings. The lowest BCUT2D eigenvalue weighted by Crippen LogP contribution is -2.08. The Hall–Kier alpha value is -1.33. The Morgan fingerprint density at radius 1 is 1.38 bits per heavy atom. The second-order valence-electron chi connectivity index (χ2n) is 3.35. The number of nitrogens with two attached hydrogens (primary N) is 1. The Morgan fingerprint density at radius 2 is 2.06 bits per heavy atom. The molecule has 2 rings (SSSR count). The van der Waals surface area contributed by atoms with Crippen molar-refractivity contribution in [2.45, 2.75) is 13.0 Å². The van der Waals surface area contributed by atoms with Crippen molar-refractivity contribution in [1.29, 1.82) is 0 Å². The van der Waals surface area contributed by atoms with Gasteiger partial charge < -0.3 is 11.1 Å². The van der Waals surface area contributed by atoms with Crippen LogP contribution in [0.3, 0.4) is 0 Å². The first-order valence-corrected chi connectivity index (χ1v) is 5.94. The molecule has 3 N–H and O–H groups in total. The Bertz CT molecular complexity index is 468. The molecule has 0 fully saturated rings. The van der Waals surface area contributed by atoms with Gasteiger partial charge in [0.15, 0.2) is 0 Å². The molecule has 0 radical (unpaired) electrons. The van der Waals surface area contributed by atoms with Crippen molar-refractivity contribution in [3.8, 4) is 0 Å². The largest absolute Gasteiger partial charge is 0.396 e. The summed E-state index contributed by atoms with van der Waals surface area (Å²) in [5.41, 5.74) is 6.06. The number of nitrogens with zero attached hydrogens (tertiary/aromatic N) is 2. The highest BCUT2D eigenvalue weighted by atomic mass is 35.5. The quantitative estimate of drug-likeness (QED) is 0.884. The number of anilines is 2. The highest BCUT2D eigenvalue weighted by Gasteiger charge is 2.09. The fourth-order valence-electron chi connectivity index (χ4n) is 1.24. The smallest absolute Gasteiger partial charge is 0.223 e. The molecule has 2 heterocycles. The van der Waals surface area contributed by atoms with Crippen molar-refractivity contribution >= 4 is 34.6 Å². The van der Waals surface area contributed by atoms with Crippen molar-refractivity contribution in [1.82, 2.24) is 9.97 Å². The molecular formula is C10H11ClN4S. The molecule has 2 aromatic heterocycles. The van der Waals surface area contributed by atoms with Crippen LogP contribution in [0.4, 0.5) is 11.6 Å². The fourth-order valence-corrected chi connectivity index (χ4v) is 2.30. The number of nitrogen functional groups attached to an aromatic ring is 1. The van der Waals surface area contributed by atoms with Crippen molar-refractivity contribution in [3.63, 3.8) is 0 Å². The number of halogens is 1. The summed E-state index contributed by atoms with van der Waals surface area (Å²) in [5.74, 6) is 0.561. The summed E-state index contributed by atoms with van der Waals surface area (Å²) >= 11 is 7.41. The molecule has 4 nitrogen and oxygen atoms in total. The van der Waals surface area contributed by atoms with E-state index < -0.39 is 0 Å². The third-order valence-electron chi connectivity index (χ3n) is 2.04. The molecule has 0 aliphatic carbocycles. The lowest BCUT2D eigenvalue weighted by Gasteiger charge is -2.11. The molecule has 16 heavy (non-hydrogen) atoms. The van der Waals surface area contributed by atoms with Crippen LogP contribution in [-0.2, 0) is 0 Å². The second kappa shape index (κ2) is 4.67. The number of aromatic nitrogens is 2. The summed E-state index contributed by atoms with van der Waals surface area (Å²) < 4.78 is 0.780.